The number of rotatable bonds is 2. The lowest BCUT2D eigenvalue weighted by Crippen LogP contribution is -2.28. The highest BCUT2D eigenvalue weighted by molar-refractivity contribution is 5.66. The van der Waals surface area contributed by atoms with Gasteiger partial charge >= 0.3 is 0 Å². The standard InChI is InChI=1S/C14H19NO/c1-9-3-8-13(16-2)14-11(9)6-7-12(15-14)10-4-5-10/h3,8,10,12,15H,4-7H2,1-2H3. The number of nitrogens with one attached hydrogen (secondary N) is 1. The molecule has 0 bridgehead atoms. The Kier molecular flexibility index (Phi) is 2.31. The summed E-state index contributed by atoms with van der Waals surface area (Å²) in [5, 5.41) is 3.69. The summed E-state index contributed by atoms with van der Waals surface area (Å²) >= 11 is 0. The van der Waals surface area contributed by atoms with E-state index in [0.717, 1.165) is 11.7 Å². The number of aryl methyl sites for hydroxylation is 1. The highest BCUT2D eigenvalue weighted by Crippen LogP contribution is 2.42. The fraction of sp³-hybridized carbons (Fsp3) is 0.571. The first-order valence-corrected chi connectivity index (χ1v) is 6.22. The molecule has 1 fully saturated rings. The fourth-order valence-electron chi connectivity index (χ4n) is 2.79. The molecule has 0 saturated heterocycles. The van der Waals surface area contributed by atoms with Crippen LogP contribution >= 0.6 is 0 Å². The lowest BCUT2D eigenvalue weighted by molar-refractivity contribution is 0.413. The van der Waals surface area contributed by atoms with E-state index in [4.69, 9.17) is 4.74 Å². The van der Waals surface area contributed by atoms with Crippen molar-refractivity contribution < 1.29 is 4.74 Å². The second-order valence-corrected chi connectivity index (χ2v) is 5.07. The number of methoxy groups -OCH3 is 1. The number of hydrogen-bond acceptors (Lipinski definition) is 2. The molecule has 1 aromatic carbocycles. The van der Waals surface area contributed by atoms with Crippen molar-refractivity contribution in [1.29, 1.82) is 0 Å². The molecule has 0 radical (unpaired) electrons. The van der Waals surface area contributed by atoms with E-state index in [9.17, 15) is 0 Å². The van der Waals surface area contributed by atoms with E-state index in [1.165, 1.54) is 42.5 Å². The maximum absolute atomic E-state index is 5.45. The van der Waals surface area contributed by atoms with E-state index >= 15 is 0 Å². The summed E-state index contributed by atoms with van der Waals surface area (Å²) < 4.78 is 5.45. The maximum Gasteiger partial charge on any atom is 0.142 e. The molecule has 1 aromatic rings. The van der Waals surface area contributed by atoms with Gasteiger partial charge in [0, 0.05) is 6.04 Å². The van der Waals surface area contributed by atoms with Crippen LogP contribution in [-0.4, -0.2) is 13.2 Å². The highest BCUT2D eigenvalue weighted by Gasteiger charge is 2.34. The van der Waals surface area contributed by atoms with E-state index in [0.29, 0.717) is 6.04 Å². The van der Waals surface area contributed by atoms with Gasteiger partial charge in [-0.1, -0.05) is 6.07 Å². The zero-order valence-electron chi connectivity index (χ0n) is 10.0. The van der Waals surface area contributed by atoms with Crippen molar-refractivity contribution in [3.8, 4) is 5.75 Å². The van der Waals surface area contributed by atoms with Crippen LogP contribution in [0.4, 0.5) is 5.69 Å². The molecule has 1 saturated carbocycles. The van der Waals surface area contributed by atoms with Gasteiger partial charge in [-0.05, 0) is 55.7 Å². The van der Waals surface area contributed by atoms with Crippen molar-refractivity contribution in [2.45, 2.75) is 38.6 Å². The monoisotopic (exact) mass is 217 g/mol. The molecule has 3 rings (SSSR count). The Labute approximate surface area is 97.0 Å². The third-order valence-corrected chi connectivity index (χ3v) is 3.95. The Bertz CT molecular complexity index is 409. The van der Waals surface area contributed by atoms with Gasteiger partial charge in [0.25, 0.3) is 0 Å². The molecule has 0 aromatic heterocycles. The predicted molar refractivity (Wildman–Crippen MR) is 66.2 cm³/mol. The Balaban J connectivity index is 1.96. The molecule has 2 nitrogen and oxygen atoms in total. The Hall–Kier alpha value is -1.18. The summed E-state index contributed by atoms with van der Waals surface area (Å²) in [5.41, 5.74) is 4.10. The number of hydrogen-bond donors (Lipinski definition) is 1. The minimum Gasteiger partial charge on any atom is -0.495 e. The molecule has 1 aliphatic heterocycles. The average Bonchev–Trinajstić information content (AvgIpc) is 3.13. The first kappa shape index (κ1) is 10.0. The summed E-state index contributed by atoms with van der Waals surface area (Å²) in [4.78, 5) is 0. The molecular formula is C14H19NO. The molecule has 16 heavy (non-hydrogen) atoms. The Morgan fingerprint density at radius 1 is 1.25 bits per heavy atom. The molecular weight excluding hydrogens is 198 g/mol. The van der Waals surface area contributed by atoms with Gasteiger partial charge < -0.3 is 10.1 Å². The van der Waals surface area contributed by atoms with E-state index in [2.05, 4.69) is 24.4 Å². The normalized spacial score (nSPS) is 23.5. The first-order chi connectivity index (χ1) is 7.79. The lowest BCUT2D eigenvalue weighted by Gasteiger charge is -2.29. The van der Waals surface area contributed by atoms with Crippen LogP contribution in [0.1, 0.15) is 30.4 Å². The number of benzene rings is 1. The maximum atomic E-state index is 5.45. The molecule has 0 amide bonds. The van der Waals surface area contributed by atoms with Crippen LogP contribution in [0.15, 0.2) is 12.1 Å². The van der Waals surface area contributed by atoms with Gasteiger partial charge in [0.15, 0.2) is 0 Å². The Morgan fingerprint density at radius 3 is 2.75 bits per heavy atom. The summed E-state index contributed by atoms with van der Waals surface area (Å²) in [6.07, 6.45) is 5.29. The first-order valence-electron chi connectivity index (χ1n) is 6.22. The van der Waals surface area contributed by atoms with Gasteiger partial charge in [-0.3, -0.25) is 0 Å². The molecule has 1 unspecified atom stereocenters. The van der Waals surface area contributed by atoms with Crippen LogP contribution in [0, 0.1) is 12.8 Å². The second-order valence-electron chi connectivity index (χ2n) is 5.07. The molecule has 1 heterocycles. The van der Waals surface area contributed by atoms with Crippen LogP contribution in [0.3, 0.4) is 0 Å². The highest BCUT2D eigenvalue weighted by atomic mass is 16.5. The second kappa shape index (κ2) is 3.69. The van der Waals surface area contributed by atoms with Gasteiger partial charge in [0.2, 0.25) is 0 Å². The molecule has 2 heteroatoms. The van der Waals surface area contributed by atoms with E-state index in [-0.39, 0.29) is 0 Å². The summed E-state index contributed by atoms with van der Waals surface area (Å²) in [5.74, 6) is 1.92. The molecule has 0 spiro atoms. The zero-order valence-corrected chi connectivity index (χ0v) is 10.0. The van der Waals surface area contributed by atoms with Crippen molar-refractivity contribution in [2.75, 3.05) is 12.4 Å². The third kappa shape index (κ3) is 1.57. The summed E-state index contributed by atoms with van der Waals surface area (Å²) in [6, 6.07) is 4.93. The van der Waals surface area contributed by atoms with Crippen molar-refractivity contribution in [3.63, 3.8) is 0 Å². The largest absolute Gasteiger partial charge is 0.495 e. The third-order valence-electron chi connectivity index (χ3n) is 3.95. The summed E-state index contributed by atoms with van der Waals surface area (Å²) in [6.45, 7) is 2.19. The molecule has 1 atom stereocenters. The van der Waals surface area contributed by atoms with Gasteiger partial charge in [-0.2, -0.15) is 0 Å². The van der Waals surface area contributed by atoms with E-state index < -0.39 is 0 Å². The van der Waals surface area contributed by atoms with Crippen LogP contribution in [0.5, 0.6) is 5.75 Å². The van der Waals surface area contributed by atoms with Crippen molar-refractivity contribution in [1.82, 2.24) is 0 Å². The van der Waals surface area contributed by atoms with E-state index in [1.54, 1.807) is 7.11 Å². The molecule has 1 N–H and O–H groups in total. The van der Waals surface area contributed by atoms with Crippen LogP contribution in [-0.2, 0) is 6.42 Å². The van der Waals surface area contributed by atoms with Crippen molar-refractivity contribution in [2.24, 2.45) is 5.92 Å². The van der Waals surface area contributed by atoms with Gasteiger partial charge in [0.1, 0.15) is 5.75 Å². The number of anilines is 1. The molecule has 86 valence electrons. The number of fused-ring (bicyclic) bond motifs is 1. The van der Waals surface area contributed by atoms with Gasteiger partial charge in [-0.25, -0.2) is 0 Å². The topological polar surface area (TPSA) is 21.3 Å². The molecule has 2 aliphatic rings. The van der Waals surface area contributed by atoms with Crippen LogP contribution in [0.2, 0.25) is 0 Å². The quantitative estimate of drug-likeness (QED) is 0.821. The lowest BCUT2D eigenvalue weighted by atomic mass is 9.92. The number of ether oxygens (including phenoxy) is 1. The molecule has 1 aliphatic carbocycles. The van der Waals surface area contributed by atoms with E-state index in [1.807, 2.05) is 0 Å². The summed E-state index contributed by atoms with van der Waals surface area (Å²) in [7, 11) is 1.76. The fourth-order valence-corrected chi connectivity index (χ4v) is 2.79. The van der Waals surface area contributed by atoms with Crippen molar-refractivity contribution in [3.05, 3.63) is 23.3 Å². The zero-order chi connectivity index (χ0) is 11.1. The minimum atomic E-state index is 0.684. The minimum absolute atomic E-state index is 0.684. The van der Waals surface area contributed by atoms with Gasteiger partial charge in [-0.15, -0.1) is 0 Å². The van der Waals surface area contributed by atoms with Crippen molar-refractivity contribution >= 4 is 5.69 Å². The average molecular weight is 217 g/mol. The van der Waals surface area contributed by atoms with Crippen LogP contribution < -0.4 is 10.1 Å². The smallest absolute Gasteiger partial charge is 0.142 e. The predicted octanol–water partition coefficient (Wildman–Crippen LogP) is 3.14. The Morgan fingerprint density at radius 2 is 2.06 bits per heavy atom. The van der Waals surface area contributed by atoms with Crippen LogP contribution in [0.25, 0.3) is 0 Å². The SMILES string of the molecule is COc1ccc(C)c2c1NC(C1CC1)CC2. The van der Waals surface area contributed by atoms with Gasteiger partial charge in [0.05, 0.1) is 12.8 Å².